The highest BCUT2D eigenvalue weighted by atomic mass is 16.2. The van der Waals surface area contributed by atoms with Crippen molar-refractivity contribution in [2.75, 3.05) is 33.7 Å². The summed E-state index contributed by atoms with van der Waals surface area (Å²) in [6, 6.07) is 7.20. The van der Waals surface area contributed by atoms with Crippen molar-refractivity contribution in [3.05, 3.63) is 35.4 Å². The van der Waals surface area contributed by atoms with Crippen molar-refractivity contribution in [1.82, 2.24) is 15.5 Å². The fourth-order valence-electron chi connectivity index (χ4n) is 1.64. The molecule has 0 saturated carbocycles. The van der Waals surface area contributed by atoms with Crippen LogP contribution in [0.25, 0.3) is 0 Å². The number of carbonyl (C=O) groups excluding carboxylic acids is 2. The zero-order valence-electron chi connectivity index (χ0n) is 12.0. The third-order valence-corrected chi connectivity index (χ3v) is 2.72. The molecule has 0 aliphatic heterocycles. The van der Waals surface area contributed by atoms with Crippen molar-refractivity contribution < 1.29 is 9.59 Å². The molecule has 0 spiro atoms. The van der Waals surface area contributed by atoms with E-state index < -0.39 is 0 Å². The molecule has 0 unspecified atom stereocenters. The highest BCUT2D eigenvalue weighted by molar-refractivity contribution is 5.94. The second-order valence-corrected chi connectivity index (χ2v) is 4.62. The number of nitrogens with zero attached hydrogens (tertiary/aromatic N) is 1. The minimum atomic E-state index is -0.177. The first kappa shape index (κ1) is 16.0. The Kier molecular flexibility index (Phi) is 6.52. The van der Waals surface area contributed by atoms with E-state index in [1.807, 2.05) is 18.2 Å². The van der Waals surface area contributed by atoms with Crippen LogP contribution in [-0.2, 0) is 6.42 Å². The van der Waals surface area contributed by atoms with E-state index in [1.165, 1.54) is 4.90 Å². The average molecular weight is 278 g/mol. The van der Waals surface area contributed by atoms with Crippen LogP contribution in [0.2, 0.25) is 0 Å². The van der Waals surface area contributed by atoms with Gasteiger partial charge in [0.25, 0.3) is 5.91 Å². The fourth-order valence-corrected chi connectivity index (χ4v) is 1.64. The first-order chi connectivity index (χ1) is 9.54. The van der Waals surface area contributed by atoms with Gasteiger partial charge in [-0.2, -0.15) is 0 Å². The van der Waals surface area contributed by atoms with E-state index in [9.17, 15) is 9.59 Å². The Labute approximate surface area is 119 Å². The van der Waals surface area contributed by atoms with Crippen molar-refractivity contribution in [2.24, 2.45) is 5.73 Å². The van der Waals surface area contributed by atoms with Gasteiger partial charge >= 0.3 is 6.03 Å². The zero-order chi connectivity index (χ0) is 15.0. The van der Waals surface area contributed by atoms with Crippen LogP contribution >= 0.6 is 0 Å². The maximum absolute atomic E-state index is 11.9. The topological polar surface area (TPSA) is 87.5 Å². The Morgan fingerprint density at radius 2 is 1.90 bits per heavy atom. The van der Waals surface area contributed by atoms with Gasteiger partial charge in [-0.1, -0.05) is 12.1 Å². The summed E-state index contributed by atoms with van der Waals surface area (Å²) in [6.07, 6.45) is 0.750. The fraction of sp³-hybridized carbons (Fsp3) is 0.429. The van der Waals surface area contributed by atoms with E-state index in [0.717, 1.165) is 12.0 Å². The third kappa shape index (κ3) is 5.27. The number of nitrogens with two attached hydrogens (primary N) is 1. The van der Waals surface area contributed by atoms with E-state index in [2.05, 4.69) is 10.6 Å². The minimum Gasteiger partial charge on any atom is -0.350 e. The summed E-state index contributed by atoms with van der Waals surface area (Å²) < 4.78 is 0. The first-order valence-corrected chi connectivity index (χ1v) is 6.57. The summed E-state index contributed by atoms with van der Waals surface area (Å²) >= 11 is 0. The minimum absolute atomic E-state index is 0.150. The maximum atomic E-state index is 11.9. The number of urea groups is 1. The molecule has 0 heterocycles. The Bertz CT molecular complexity index is 460. The van der Waals surface area contributed by atoms with E-state index in [1.54, 1.807) is 20.2 Å². The quantitative estimate of drug-likeness (QED) is 0.649. The third-order valence-electron chi connectivity index (χ3n) is 2.72. The molecular weight excluding hydrogens is 256 g/mol. The standard InChI is InChI=1S/C14H22N4O2/c1-18(2)14(20)17-9-8-16-13(19)12-5-3-4-11(10-12)6-7-15/h3-5,10H,6-9,15H2,1-2H3,(H,16,19)(H,17,20). The Hall–Kier alpha value is -2.08. The van der Waals surface area contributed by atoms with Crippen molar-refractivity contribution in [3.63, 3.8) is 0 Å². The lowest BCUT2D eigenvalue weighted by atomic mass is 10.1. The van der Waals surface area contributed by atoms with Crippen LogP contribution in [0.3, 0.4) is 0 Å². The molecule has 0 atom stereocenters. The number of nitrogens with one attached hydrogen (secondary N) is 2. The van der Waals surface area contributed by atoms with Crippen molar-refractivity contribution in [3.8, 4) is 0 Å². The highest BCUT2D eigenvalue weighted by Gasteiger charge is 2.06. The van der Waals surface area contributed by atoms with Gasteiger partial charge in [0.15, 0.2) is 0 Å². The molecule has 3 amide bonds. The number of amides is 3. The number of benzene rings is 1. The molecule has 6 heteroatoms. The molecule has 0 fully saturated rings. The summed E-state index contributed by atoms with van der Waals surface area (Å²) in [7, 11) is 3.33. The molecule has 0 aromatic heterocycles. The van der Waals surface area contributed by atoms with Gasteiger partial charge in [0.05, 0.1) is 0 Å². The van der Waals surface area contributed by atoms with Crippen LogP contribution in [0.5, 0.6) is 0 Å². The molecule has 1 rings (SSSR count). The highest BCUT2D eigenvalue weighted by Crippen LogP contribution is 2.05. The summed E-state index contributed by atoms with van der Waals surface area (Å²) in [4.78, 5) is 24.6. The number of rotatable bonds is 6. The molecule has 0 bridgehead atoms. The second kappa shape index (κ2) is 8.16. The van der Waals surface area contributed by atoms with Gasteiger partial charge in [0.1, 0.15) is 0 Å². The molecule has 4 N–H and O–H groups in total. The van der Waals surface area contributed by atoms with Crippen LogP contribution in [0, 0.1) is 0 Å². The van der Waals surface area contributed by atoms with Crippen LogP contribution < -0.4 is 16.4 Å². The van der Waals surface area contributed by atoms with Gasteiger partial charge in [0, 0.05) is 32.7 Å². The largest absolute Gasteiger partial charge is 0.350 e. The van der Waals surface area contributed by atoms with Crippen LogP contribution in [0.15, 0.2) is 24.3 Å². The molecule has 110 valence electrons. The van der Waals surface area contributed by atoms with Crippen molar-refractivity contribution in [2.45, 2.75) is 6.42 Å². The molecule has 20 heavy (non-hydrogen) atoms. The zero-order valence-corrected chi connectivity index (χ0v) is 12.0. The second-order valence-electron chi connectivity index (χ2n) is 4.62. The average Bonchev–Trinajstić information content (AvgIpc) is 2.43. The lowest BCUT2D eigenvalue weighted by Gasteiger charge is -2.12. The van der Waals surface area contributed by atoms with Crippen LogP contribution in [0.4, 0.5) is 4.79 Å². The molecule has 1 aromatic rings. The monoisotopic (exact) mass is 278 g/mol. The smallest absolute Gasteiger partial charge is 0.316 e. The lowest BCUT2D eigenvalue weighted by Crippen LogP contribution is -2.39. The summed E-state index contributed by atoms with van der Waals surface area (Å²) in [5.41, 5.74) is 7.14. The Balaban J connectivity index is 2.39. The Morgan fingerprint density at radius 3 is 2.55 bits per heavy atom. The van der Waals surface area contributed by atoms with E-state index in [0.29, 0.717) is 25.2 Å². The van der Waals surface area contributed by atoms with Gasteiger partial charge in [0.2, 0.25) is 0 Å². The van der Waals surface area contributed by atoms with Gasteiger partial charge in [-0.25, -0.2) is 4.79 Å². The van der Waals surface area contributed by atoms with E-state index in [4.69, 9.17) is 5.73 Å². The van der Waals surface area contributed by atoms with E-state index >= 15 is 0 Å². The number of hydrogen-bond acceptors (Lipinski definition) is 3. The maximum Gasteiger partial charge on any atom is 0.316 e. The molecule has 0 aliphatic carbocycles. The van der Waals surface area contributed by atoms with Crippen molar-refractivity contribution in [1.29, 1.82) is 0 Å². The summed E-state index contributed by atoms with van der Waals surface area (Å²) in [5, 5.41) is 5.44. The SMILES string of the molecule is CN(C)C(=O)NCCNC(=O)c1cccc(CCN)c1. The predicted molar refractivity (Wildman–Crippen MR) is 78.6 cm³/mol. The number of carbonyl (C=O) groups is 2. The number of hydrogen-bond donors (Lipinski definition) is 3. The van der Waals surface area contributed by atoms with E-state index in [-0.39, 0.29) is 11.9 Å². The predicted octanol–water partition coefficient (Wildman–Crippen LogP) is 0.189. The molecular formula is C14H22N4O2. The molecule has 6 nitrogen and oxygen atoms in total. The molecule has 0 radical (unpaired) electrons. The summed E-state index contributed by atoms with van der Waals surface area (Å²) in [6.45, 7) is 1.34. The van der Waals surface area contributed by atoms with Crippen LogP contribution in [-0.4, -0.2) is 50.6 Å². The molecule has 0 saturated heterocycles. The lowest BCUT2D eigenvalue weighted by molar-refractivity contribution is 0.0953. The van der Waals surface area contributed by atoms with Gasteiger partial charge < -0.3 is 21.3 Å². The first-order valence-electron chi connectivity index (χ1n) is 6.57. The van der Waals surface area contributed by atoms with Gasteiger partial charge in [-0.3, -0.25) is 4.79 Å². The van der Waals surface area contributed by atoms with Gasteiger partial charge in [-0.15, -0.1) is 0 Å². The van der Waals surface area contributed by atoms with Crippen LogP contribution in [0.1, 0.15) is 15.9 Å². The molecule has 0 aliphatic rings. The summed E-state index contributed by atoms with van der Waals surface area (Å²) in [5.74, 6) is -0.150. The Morgan fingerprint density at radius 1 is 1.20 bits per heavy atom. The van der Waals surface area contributed by atoms with Crippen molar-refractivity contribution >= 4 is 11.9 Å². The molecule has 1 aromatic carbocycles. The van der Waals surface area contributed by atoms with Gasteiger partial charge in [-0.05, 0) is 30.7 Å². The normalized spacial score (nSPS) is 9.95.